The van der Waals surface area contributed by atoms with Crippen LogP contribution in [0.4, 0.5) is 0 Å². The van der Waals surface area contributed by atoms with Gasteiger partial charge in [0, 0.05) is 12.6 Å². The number of ether oxygens (including phenoxy) is 1. The van der Waals surface area contributed by atoms with Crippen LogP contribution in [-0.2, 0) is 4.74 Å². The molecule has 0 saturated heterocycles. The van der Waals surface area contributed by atoms with Crippen LogP contribution in [0.3, 0.4) is 0 Å². The Hall–Kier alpha value is -1.39. The second kappa shape index (κ2) is 8.72. The SMILES string of the molecule is CCCCN(CC)C(CN)c1ccc(C(=O)OC)cc1. The standard InChI is InChI=1S/C16H26N2O2/c1-4-6-11-18(5-2)15(12-17)13-7-9-14(10-8-13)16(19)20-3/h7-10,15H,4-6,11-12,17H2,1-3H3. The number of hydrogen-bond donors (Lipinski definition) is 1. The summed E-state index contributed by atoms with van der Waals surface area (Å²) in [6.45, 7) is 6.95. The lowest BCUT2D eigenvalue weighted by Crippen LogP contribution is -2.34. The molecule has 0 bridgehead atoms. The lowest BCUT2D eigenvalue weighted by Gasteiger charge is -2.30. The van der Waals surface area contributed by atoms with Crippen molar-refractivity contribution in [3.05, 3.63) is 35.4 Å². The summed E-state index contributed by atoms with van der Waals surface area (Å²) in [6.07, 6.45) is 2.35. The quantitative estimate of drug-likeness (QED) is 0.743. The number of esters is 1. The molecule has 0 aromatic heterocycles. The highest BCUT2D eigenvalue weighted by Crippen LogP contribution is 2.20. The average molecular weight is 278 g/mol. The highest BCUT2D eigenvalue weighted by atomic mass is 16.5. The minimum absolute atomic E-state index is 0.207. The van der Waals surface area contributed by atoms with Gasteiger partial charge in [0.05, 0.1) is 12.7 Å². The normalized spacial score (nSPS) is 12.4. The zero-order valence-electron chi connectivity index (χ0n) is 12.8. The summed E-state index contributed by atoms with van der Waals surface area (Å²) in [5.74, 6) is -0.306. The van der Waals surface area contributed by atoms with Crippen LogP contribution in [0.5, 0.6) is 0 Å². The molecular weight excluding hydrogens is 252 g/mol. The van der Waals surface area contributed by atoms with E-state index >= 15 is 0 Å². The van der Waals surface area contributed by atoms with Crippen molar-refractivity contribution in [3.8, 4) is 0 Å². The van der Waals surface area contributed by atoms with Gasteiger partial charge in [-0.3, -0.25) is 4.90 Å². The van der Waals surface area contributed by atoms with Crippen molar-refractivity contribution < 1.29 is 9.53 Å². The van der Waals surface area contributed by atoms with E-state index in [1.54, 1.807) is 12.1 Å². The van der Waals surface area contributed by atoms with Crippen LogP contribution in [0.15, 0.2) is 24.3 Å². The number of methoxy groups -OCH3 is 1. The van der Waals surface area contributed by atoms with E-state index in [0.717, 1.165) is 18.7 Å². The van der Waals surface area contributed by atoms with Gasteiger partial charge in [-0.15, -0.1) is 0 Å². The molecule has 0 spiro atoms. The monoisotopic (exact) mass is 278 g/mol. The van der Waals surface area contributed by atoms with Gasteiger partial charge >= 0.3 is 5.97 Å². The number of unbranched alkanes of at least 4 members (excludes halogenated alkanes) is 1. The Morgan fingerprint density at radius 2 is 1.95 bits per heavy atom. The highest BCUT2D eigenvalue weighted by molar-refractivity contribution is 5.89. The van der Waals surface area contributed by atoms with Gasteiger partial charge in [-0.1, -0.05) is 32.4 Å². The van der Waals surface area contributed by atoms with Crippen LogP contribution in [-0.4, -0.2) is 37.6 Å². The molecule has 1 unspecified atom stereocenters. The number of rotatable bonds is 8. The summed E-state index contributed by atoms with van der Waals surface area (Å²) in [6, 6.07) is 7.75. The molecule has 4 heteroatoms. The predicted molar refractivity (Wildman–Crippen MR) is 81.7 cm³/mol. The third kappa shape index (κ3) is 4.32. The molecular formula is C16H26N2O2. The predicted octanol–water partition coefficient (Wildman–Crippen LogP) is 2.60. The fourth-order valence-electron chi connectivity index (χ4n) is 2.35. The van der Waals surface area contributed by atoms with Crippen LogP contribution in [0.1, 0.15) is 48.7 Å². The van der Waals surface area contributed by atoms with Gasteiger partial charge in [0.1, 0.15) is 0 Å². The lowest BCUT2D eigenvalue weighted by molar-refractivity contribution is 0.0600. The van der Waals surface area contributed by atoms with E-state index in [0.29, 0.717) is 12.1 Å². The van der Waals surface area contributed by atoms with Crippen molar-refractivity contribution in [1.29, 1.82) is 0 Å². The van der Waals surface area contributed by atoms with Crippen molar-refractivity contribution in [3.63, 3.8) is 0 Å². The van der Waals surface area contributed by atoms with E-state index < -0.39 is 0 Å². The number of hydrogen-bond acceptors (Lipinski definition) is 4. The van der Waals surface area contributed by atoms with Crippen LogP contribution >= 0.6 is 0 Å². The Bertz CT molecular complexity index is 403. The molecule has 0 aliphatic carbocycles. The van der Waals surface area contributed by atoms with Crippen molar-refractivity contribution >= 4 is 5.97 Å². The number of nitrogens with two attached hydrogens (primary N) is 1. The minimum Gasteiger partial charge on any atom is -0.465 e. The van der Waals surface area contributed by atoms with Crippen LogP contribution in [0.2, 0.25) is 0 Å². The first kappa shape index (κ1) is 16.7. The van der Waals surface area contributed by atoms with Crippen LogP contribution in [0.25, 0.3) is 0 Å². The van der Waals surface area contributed by atoms with E-state index in [1.165, 1.54) is 20.0 Å². The Balaban J connectivity index is 2.85. The topological polar surface area (TPSA) is 55.6 Å². The molecule has 0 aliphatic rings. The summed E-state index contributed by atoms with van der Waals surface area (Å²) < 4.78 is 4.71. The molecule has 1 atom stereocenters. The molecule has 0 fully saturated rings. The summed E-state index contributed by atoms with van der Waals surface area (Å²) in [5.41, 5.74) is 7.67. The first-order chi connectivity index (χ1) is 9.67. The van der Waals surface area contributed by atoms with Gasteiger partial charge in [0.15, 0.2) is 0 Å². The van der Waals surface area contributed by atoms with E-state index in [9.17, 15) is 4.79 Å². The highest BCUT2D eigenvalue weighted by Gasteiger charge is 2.17. The van der Waals surface area contributed by atoms with Crippen molar-refractivity contribution in [2.24, 2.45) is 5.73 Å². The van der Waals surface area contributed by atoms with Crippen LogP contribution in [0, 0.1) is 0 Å². The molecule has 1 aromatic rings. The van der Waals surface area contributed by atoms with E-state index in [4.69, 9.17) is 10.5 Å². The molecule has 0 aliphatic heterocycles. The lowest BCUT2D eigenvalue weighted by atomic mass is 10.0. The molecule has 1 aromatic carbocycles. The van der Waals surface area contributed by atoms with E-state index in [-0.39, 0.29) is 12.0 Å². The third-order valence-corrected chi connectivity index (χ3v) is 3.59. The second-order valence-corrected chi connectivity index (χ2v) is 4.85. The maximum absolute atomic E-state index is 11.4. The van der Waals surface area contributed by atoms with E-state index in [2.05, 4.69) is 18.7 Å². The Labute approximate surface area is 121 Å². The Morgan fingerprint density at radius 1 is 1.30 bits per heavy atom. The fraction of sp³-hybridized carbons (Fsp3) is 0.562. The number of likely N-dealkylation sites (N-methyl/N-ethyl adjacent to an activating group) is 1. The van der Waals surface area contributed by atoms with Gasteiger partial charge in [0.2, 0.25) is 0 Å². The molecule has 0 saturated carbocycles. The second-order valence-electron chi connectivity index (χ2n) is 4.85. The smallest absolute Gasteiger partial charge is 0.337 e. The Kier molecular flexibility index (Phi) is 7.26. The zero-order valence-corrected chi connectivity index (χ0v) is 12.8. The van der Waals surface area contributed by atoms with Crippen LogP contribution < -0.4 is 5.73 Å². The first-order valence-corrected chi connectivity index (χ1v) is 7.30. The number of benzene rings is 1. The first-order valence-electron chi connectivity index (χ1n) is 7.30. The molecule has 1 rings (SSSR count). The summed E-state index contributed by atoms with van der Waals surface area (Å²) in [4.78, 5) is 13.8. The van der Waals surface area contributed by atoms with Crippen molar-refractivity contribution in [2.45, 2.75) is 32.7 Å². The fourth-order valence-corrected chi connectivity index (χ4v) is 2.35. The molecule has 2 N–H and O–H groups in total. The van der Waals surface area contributed by atoms with Gasteiger partial charge in [-0.2, -0.15) is 0 Å². The summed E-state index contributed by atoms with van der Waals surface area (Å²) in [5, 5.41) is 0. The van der Waals surface area contributed by atoms with Crippen molar-refractivity contribution in [2.75, 3.05) is 26.7 Å². The maximum Gasteiger partial charge on any atom is 0.337 e. The zero-order chi connectivity index (χ0) is 15.0. The Morgan fingerprint density at radius 3 is 2.40 bits per heavy atom. The average Bonchev–Trinajstić information content (AvgIpc) is 2.51. The summed E-state index contributed by atoms with van der Waals surface area (Å²) >= 11 is 0. The van der Waals surface area contributed by atoms with Gasteiger partial charge in [0.25, 0.3) is 0 Å². The molecule has 112 valence electrons. The van der Waals surface area contributed by atoms with E-state index in [1.807, 2.05) is 12.1 Å². The molecule has 0 heterocycles. The molecule has 0 amide bonds. The van der Waals surface area contributed by atoms with Gasteiger partial charge < -0.3 is 10.5 Å². The molecule has 4 nitrogen and oxygen atoms in total. The van der Waals surface area contributed by atoms with Gasteiger partial charge in [-0.25, -0.2) is 4.79 Å². The largest absolute Gasteiger partial charge is 0.465 e. The summed E-state index contributed by atoms with van der Waals surface area (Å²) in [7, 11) is 1.39. The molecule has 20 heavy (non-hydrogen) atoms. The third-order valence-electron chi connectivity index (χ3n) is 3.59. The minimum atomic E-state index is -0.306. The number of carbonyl (C=O) groups excluding carboxylic acids is 1. The number of carbonyl (C=O) groups is 1. The van der Waals surface area contributed by atoms with Gasteiger partial charge in [-0.05, 0) is 37.2 Å². The van der Waals surface area contributed by atoms with Crippen molar-refractivity contribution in [1.82, 2.24) is 4.90 Å². The maximum atomic E-state index is 11.4. The number of nitrogens with zero attached hydrogens (tertiary/aromatic N) is 1. The molecule has 0 radical (unpaired) electrons.